The van der Waals surface area contributed by atoms with Gasteiger partial charge < -0.3 is 26.6 Å². The van der Waals surface area contributed by atoms with Crippen molar-refractivity contribution in [1.82, 2.24) is 20.9 Å². The van der Waals surface area contributed by atoms with Gasteiger partial charge in [-0.2, -0.15) is 13.2 Å². The number of nitrogens with zero attached hydrogens (tertiary/aromatic N) is 1. The van der Waals surface area contributed by atoms with Gasteiger partial charge in [-0.25, -0.2) is 0 Å². The number of primary amides is 1. The number of carbonyl (C=O) groups is 5. The number of hydrogen-bond donors (Lipinski definition) is 4. The van der Waals surface area contributed by atoms with Crippen molar-refractivity contribution >= 4 is 29.5 Å². The molecule has 3 rings (SSSR count). The van der Waals surface area contributed by atoms with Crippen LogP contribution in [0.3, 0.4) is 0 Å². The number of amides is 5. The number of fused-ring (bicyclic) bond motifs is 1. The van der Waals surface area contributed by atoms with Crippen LogP contribution < -0.4 is 21.7 Å². The van der Waals surface area contributed by atoms with E-state index in [2.05, 4.69) is 10.6 Å². The molecule has 0 aromatic heterocycles. The highest BCUT2D eigenvalue weighted by Crippen LogP contribution is 2.65. The second-order valence-corrected chi connectivity index (χ2v) is 11.6. The number of piperidine rings is 1. The summed E-state index contributed by atoms with van der Waals surface area (Å²) in [5, 5.41) is 7.01. The average molecular weight is 518 g/mol. The molecule has 1 aliphatic carbocycles. The third-order valence-corrected chi connectivity index (χ3v) is 7.75. The molecule has 5 N–H and O–H groups in total. The molecule has 0 unspecified atom stereocenters. The van der Waals surface area contributed by atoms with Crippen LogP contribution in [-0.4, -0.2) is 71.8 Å². The van der Waals surface area contributed by atoms with E-state index in [1.54, 1.807) is 5.32 Å². The van der Waals surface area contributed by atoms with Gasteiger partial charge in [0.2, 0.25) is 23.6 Å². The Balaban J connectivity index is 1.83. The summed E-state index contributed by atoms with van der Waals surface area (Å²) >= 11 is 0. The molecule has 3 fully saturated rings. The van der Waals surface area contributed by atoms with Crippen molar-refractivity contribution in [3.05, 3.63) is 0 Å². The lowest BCUT2D eigenvalue weighted by Crippen LogP contribution is -2.61. The maximum Gasteiger partial charge on any atom is 0.471 e. The minimum absolute atomic E-state index is 0.00266. The minimum atomic E-state index is -5.18. The van der Waals surface area contributed by atoms with Crippen molar-refractivity contribution in [3.63, 3.8) is 0 Å². The number of nitrogens with one attached hydrogen (secondary N) is 3. The van der Waals surface area contributed by atoms with Gasteiger partial charge in [0.15, 0.2) is 0 Å². The van der Waals surface area contributed by atoms with Gasteiger partial charge in [-0.3, -0.25) is 24.0 Å². The fourth-order valence-corrected chi connectivity index (χ4v) is 5.50. The maximum atomic E-state index is 13.5. The van der Waals surface area contributed by atoms with Crippen LogP contribution in [0.15, 0.2) is 0 Å². The molecule has 0 aromatic carbocycles. The molecule has 2 aliphatic heterocycles. The van der Waals surface area contributed by atoms with E-state index in [0.29, 0.717) is 13.0 Å². The first kappa shape index (κ1) is 27.7. The Hall–Kier alpha value is -2.86. The first-order valence-electron chi connectivity index (χ1n) is 11.9. The zero-order valence-electron chi connectivity index (χ0n) is 21.0. The van der Waals surface area contributed by atoms with E-state index in [0.717, 1.165) is 0 Å². The molecule has 2 saturated heterocycles. The van der Waals surface area contributed by atoms with E-state index in [9.17, 15) is 37.1 Å². The number of hydrogen-bond acceptors (Lipinski definition) is 5. The molecule has 36 heavy (non-hydrogen) atoms. The van der Waals surface area contributed by atoms with Crippen molar-refractivity contribution in [2.75, 3.05) is 13.1 Å². The molecule has 202 valence electrons. The quantitative estimate of drug-likeness (QED) is 0.377. The standard InChI is InChI=1S/C23H34F3N5O5/c1-21(2,3)15(30-20(36)23(24,25)26)19(35)31-9-11-13(22(11,4)5)14(31)18(34)29-12(16(27)32)8-10-6-7-28-17(10)33/h10-15H,6-9H2,1-5H3,(H2,27,32)(H,28,33)(H,29,34)(H,30,36)/t10-,11+,12-,13+,14+,15-/m1/s1. The number of rotatable bonds is 7. The van der Waals surface area contributed by atoms with Crippen LogP contribution in [0.4, 0.5) is 13.2 Å². The van der Waals surface area contributed by atoms with Crippen LogP contribution in [0.2, 0.25) is 0 Å². The molecule has 0 radical (unpaired) electrons. The lowest BCUT2D eigenvalue weighted by atomic mass is 9.85. The van der Waals surface area contributed by atoms with Crippen molar-refractivity contribution < 1.29 is 37.1 Å². The smallest absolute Gasteiger partial charge is 0.368 e. The molecular weight excluding hydrogens is 483 g/mol. The molecule has 10 nitrogen and oxygen atoms in total. The highest BCUT2D eigenvalue weighted by atomic mass is 19.4. The lowest BCUT2D eigenvalue weighted by Gasteiger charge is -2.38. The molecule has 0 aromatic rings. The zero-order valence-corrected chi connectivity index (χ0v) is 21.0. The van der Waals surface area contributed by atoms with E-state index in [1.807, 2.05) is 13.8 Å². The van der Waals surface area contributed by atoms with Crippen molar-refractivity contribution in [2.24, 2.45) is 34.3 Å². The van der Waals surface area contributed by atoms with Crippen LogP contribution in [0.5, 0.6) is 0 Å². The Morgan fingerprint density at radius 3 is 2.25 bits per heavy atom. The summed E-state index contributed by atoms with van der Waals surface area (Å²) in [7, 11) is 0. The SMILES string of the molecule is CC(C)(C)[C@H](NC(=O)C(F)(F)F)C(=O)N1C[C@H]2[C@@H]([C@H]1C(=O)N[C@H](C[C@H]1CCNC1=O)C(N)=O)C2(C)C. The van der Waals surface area contributed by atoms with E-state index >= 15 is 0 Å². The topological polar surface area (TPSA) is 151 Å². The Kier molecular flexibility index (Phi) is 7.10. The minimum Gasteiger partial charge on any atom is -0.368 e. The van der Waals surface area contributed by atoms with Crippen molar-refractivity contribution in [3.8, 4) is 0 Å². The van der Waals surface area contributed by atoms with Gasteiger partial charge in [-0.15, -0.1) is 0 Å². The third kappa shape index (κ3) is 5.29. The van der Waals surface area contributed by atoms with Gasteiger partial charge in [0.1, 0.15) is 18.1 Å². The van der Waals surface area contributed by atoms with Gasteiger partial charge in [-0.05, 0) is 35.5 Å². The van der Waals surface area contributed by atoms with Gasteiger partial charge >= 0.3 is 12.1 Å². The van der Waals surface area contributed by atoms with Crippen molar-refractivity contribution in [2.45, 2.75) is 71.8 Å². The monoisotopic (exact) mass is 517 g/mol. The molecule has 0 spiro atoms. The number of carbonyl (C=O) groups excluding carboxylic acids is 5. The Morgan fingerprint density at radius 2 is 1.78 bits per heavy atom. The fourth-order valence-electron chi connectivity index (χ4n) is 5.50. The number of halogens is 3. The maximum absolute atomic E-state index is 13.5. The van der Waals surface area contributed by atoms with Gasteiger partial charge in [-0.1, -0.05) is 34.6 Å². The normalized spacial score (nSPS) is 28.6. The van der Waals surface area contributed by atoms with E-state index in [-0.39, 0.29) is 36.1 Å². The summed E-state index contributed by atoms with van der Waals surface area (Å²) in [6, 6.07) is -3.77. The Labute approximate surface area is 207 Å². The predicted octanol–water partition coefficient (Wildman–Crippen LogP) is 0.0589. The largest absolute Gasteiger partial charge is 0.471 e. The molecular formula is C23H34F3N5O5. The van der Waals surface area contributed by atoms with Crippen LogP contribution in [-0.2, 0) is 24.0 Å². The number of alkyl halides is 3. The van der Waals surface area contributed by atoms with Crippen LogP contribution in [0.1, 0.15) is 47.5 Å². The van der Waals surface area contributed by atoms with Crippen LogP contribution >= 0.6 is 0 Å². The first-order valence-corrected chi connectivity index (χ1v) is 11.9. The fraction of sp³-hybridized carbons (Fsp3) is 0.783. The molecule has 13 heteroatoms. The first-order chi connectivity index (χ1) is 16.4. The second-order valence-electron chi connectivity index (χ2n) is 11.6. The summed E-state index contributed by atoms with van der Waals surface area (Å²) in [6.07, 6.45) is -4.70. The predicted molar refractivity (Wildman–Crippen MR) is 121 cm³/mol. The third-order valence-electron chi connectivity index (χ3n) is 7.75. The molecule has 1 saturated carbocycles. The summed E-state index contributed by atoms with van der Waals surface area (Å²) in [5.74, 6) is -5.68. The van der Waals surface area contributed by atoms with E-state index < -0.39 is 59.3 Å². The van der Waals surface area contributed by atoms with E-state index in [1.165, 1.54) is 25.7 Å². The number of likely N-dealkylation sites (tertiary alicyclic amines) is 1. The average Bonchev–Trinajstić information content (AvgIpc) is 3.09. The molecule has 0 bridgehead atoms. The zero-order chi connectivity index (χ0) is 27.4. The Bertz CT molecular complexity index is 961. The van der Waals surface area contributed by atoms with Crippen molar-refractivity contribution in [1.29, 1.82) is 0 Å². The molecule has 3 aliphatic rings. The lowest BCUT2D eigenvalue weighted by molar-refractivity contribution is -0.176. The molecule has 2 heterocycles. The van der Waals surface area contributed by atoms with Gasteiger partial charge in [0.25, 0.3) is 0 Å². The summed E-state index contributed by atoms with van der Waals surface area (Å²) in [4.78, 5) is 63.8. The van der Waals surface area contributed by atoms with Crippen LogP contribution in [0.25, 0.3) is 0 Å². The van der Waals surface area contributed by atoms with E-state index in [4.69, 9.17) is 5.73 Å². The summed E-state index contributed by atoms with van der Waals surface area (Å²) < 4.78 is 38.9. The van der Waals surface area contributed by atoms with Gasteiger partial charge in [0.05, 0.1) is 0 Å². The number of nitrogens with two attached hydrogens (primary N) is 1. The highest BCUT2D eigenvalue weighted by molar-refractivity contribution is 5.96. The Morgan fingerprint density at radius 1 is 1.17 bits per heavy atom. The summed E-state index contributed by atoms with van der Waals surface area (Å²) in [5.41, 5.74) is 4.08. The van der Waals surface area contributed by atoms with Crippen LogP contribution in [0, 0.1) is 28.6 Å². The van der Waals surface area contributed by atoms with Gasteiger partial charge in [0, 0.05) is 19.0 Å². The molecule has 5 amide bonds. The molecule has 6 atom stereocenters. The summed E-state index contributed by atoms with van der Waals surface area (Å²) in [6.45, 7) is 8.95. The highest BCUT2D eigenvalue weighted by Gasteiger charge is 2.70. The second kappa shape index (κ2) is 9.22.